The average molecular weight is 383 g/mol. The van der Waals surface area contributed by atoms with Crippen molar-refractivity contribution < 1.29 is 19.4 Å². The molecule has 0 aliphatic heterocycles. The Balaban J connectivity index is 1.64. The highest BCUT2D eigenvalue weighted by Crippen LogP contribution is 2.24. The van der Waals surface area contributed by atoms with Crippen LogP contribution in [0.2, 0.25) is 5.15 Å². The normalized spacial score (nSPS) is 10.3. The Hall–Kier alpha value is -3.38. The van der Waals surface area contributed by atoms with Crippen molar-refractivity contribution in [3.63, 3.8) is 0 Å². The van der Waals surface area contributed by atoms with Crippen molar-refractivity contribution in [3.8, 4) is 11.1 Å². The van der Waals surface area contributed by atoms with Crippen LogP contribution in [0.5, 0.6) is 0 Å². The zero-order valence-electron chi connectivity index (χ0n) is 14.1. The number of hydrogen-bond donors (Lipinski definition) is 2. The minimum absolute atomic E-state index is 0.0642. The highest BCUT2D eigenvalue weighted by molar-refractivity contribution is 6.32. The summed E-state index contributed by atoms with van der Waals surface area (Å²) in [4.78, 5) is 26.9. The van der Waals surface area contributed by atoms with E-state index in [1.807, 2.05) is 30.3 Å². The number of carbonyl (C=O) groups is 2. The molecule has 136 valence electrons. The average Bonchev–Trinajstić information content (AvgIpc) is 2.68. The van der Waals surface area contributed by atoms with Gasteiger partial charge < -0.3 is 9.84 Å². The second kappa shape index (κ2) is 8.33. The van der Waals surface area contributed by atoms with E-state index in [0.29, 0.717) is 11.3 Å². The Morgan fingerprint density at radius 3 is 2.41 bits per heavy atom. The third-order valence-electron chi connectivity index (χ3n) is 3.75. The van der Waals surface area contributed by atoms with E-state index in [1.54, 1.807) is 24.3 Å². The fraction of sp³-hybridized carbons (Fsp3) is 0.0500. The number of nitrogens with zero attached hydrogens (tertiary/aromatic N) is 1. The lowest BCUT2D eigenvalue weighted by atomic mass is 10.1. The summed E-state index contributed by atoms with van der Waals surface area (Å²) >= 11 is 5.78. The molecule has 0 spiro atoms. The lowest BCUT2D eigenvalue weighted by Crippen LogP contribution is -2.13. The van der Waals surface area contributed by atoms with Gasteiger partial charge in [-0.3, -0.25) is 5.32 Å². The van der Waals surface area contributed by atoms with Crippen molar-refractivity contribution in [2.45, 2.75) is 6.61 Å². The van der Waals surface area contributed by atoms with E-state index in [0.717, 1.165) is 11.1 Å². The number of carboxylic acids is 1. The van der Waals surface area contributed by atoms with Crippen LogP contribution in [0.3, 0.4) is 0 Å². The van der Waals surface area contributed by atoms with E-state index in [1.165, 1.54) is 12.3 Å². The summed E-state index contributed by atoms with van der Waals surface area (Å²) in [6.07, 6.45) is 0.929. The molecule has 2 aromatic carbocycles. The van der Waals surface area contributed by atoms with Gasteiger partial charge in [-0.05, 0) is 29.3 Å². The van der Waals surface area contributed by atoms with E-state index in [-0.39, 0.29) is 17.3 Å². The van der Waals surface area contributed by atoms with Gasteiger partial charge in [-0.15, -0.1) is 0 Å². The van der Waals surface area contributed by atoms with Crippen LogP contribution in [0.1, 0.15) is 15.9 Å². The van der Waals surface area contributed by atoms with E-state index in [2.05, 4.69) is 10.3 Å². The lowest BCUT2D eigenvalue weighted by molar-refractivity contribution is 0.0696. The minimum atomic E-state index is -1.14. The van der Waals surface area contributed by atoms with Crippen LogP contribution < -0.4 is 5.32 Å². The van der Waals surface area contributed by atoms with Gasteiger partial charge in [0.05, 0.1) is 5.56 Å². The minimum Gasteiger partial charge on any atom is -0.478 e. The molecule has 1 amide bonds. The molecule has 3 rings (SSSR count). The number of carboxylic acid groups (broad SMARTS) is 1. The molecule has 0 radical (unpaired) electrons. The predicted molar refractivity (Wildman–Crippen MR) is 102 cm³/mol. The van der Waals surface area contributed by atoms with Crippen molar-refractivity contribution in [2.75, 3.05) is 5.32 Å². The number of amides is 1. The number of rotatable bonds is 5. The molecule has 0 fully saturated rings. The van der Waals surface area contributed by atoms with Crippen molar-refractivity contribution in [1.82, 2.24) is 4.98 Å². The van der Waals surface area contributed by atoms with Crippen LogP contribution in [-0.4, -0.2) is 22.2 Å². The van der Waals surface area contributed by atoms with E-state index < -0.39 is 12.1 Å². The number of anilines is 1. The van der Waals surface area contributed by atoms with Gasteiger partial charge in [0.1, 0.15) is 11.8 Å². The van der Waals surface area contributed by atoms with E-state index >= 15 is 0 Å². The van der Waals surface area contributed by atoms with Crippen LogP contribution in [0.4, 0.5) is 10.5 Å². The van der Waals surface area contributed by atoms with Gasteiger partial charge >= 0.3 is 12.1 Å². The third-order valence-corrected chi connectivity index (χ3v) is 4.05. The zero-order valence-corrected chi connectivity index (χ0v) is 14.8. The van der Waals surface area contributed by atoms with Gasteiger partial charge in [-0.2, -0.15) is 0 Å². The molecule has 0 aliphatic carbocycles. The monoisotopic (exact) mass is 382 g/mol. The summed E-state index contributed by atoms with van der Waals surface area (Å²) in [6.45, 7) is 0.180. The van der Waals surface area contributed by atoms with Crippen molar-refractivity contribution >= 4 is 29.4 Å². The maximum absolute atomic E-state index is 11.9. The van der Waals surface area contributed by atoms with Gasteiger partial charge in [0.2, 0.25) is 0 Å². The number of ether oxygens (including phenoxy) is 1. The Morgan fingerprint density at radius 1 is 1.04 bits per heavy atom. The first-order valence-electron chi connectivity index (χ1n) is 8.00. The molecule has 0 saturated heterocycles. The van der Waals surface area contributed by atoms with Crippen LogP contribution in [0, 0.1) is 0 Å². The van der Waals surface area contributed by atoms with Crippen LogP contribution in [0.25, 0.3) is 11.1 Å². The van der Waals surface area contributed by atoms with Crippen LogP contribution in [0.15, 0.2) is 66.9 Å². The van der Waals surface area contributed by atoms with Crippen molar-refractivity contribution in [1.29, 1.82) is 0 Å². The molecule has 2 N–H and O–H groups in total. The second-order valence-corrected chi connectivity index (χ2v) is 5.99. The lowest BCUT2D eigenvalue weighted by Gasteiger charge is -2.08. The summed E-state index contributed by atoms with van der Waals surface area (Å²) < 4.78 is 5.16. The van der Waals surface area contributed by atoms with Gasteiger partial charge in [0.15, 0.2) is 0 Å². The number of carbonyl (C=O) groups excluding carboxylic acids is 1. The topological polar surface area (TPSA) is 88.5 Å². The first kappa shape index (κ1) is 18.4. The fourth-order valence-corrected chi connectivity index (χ4v) is 2.56. The summed E-state index contributed by atoms with van der Waals surface area (Å²) in [5.41, 5.74) is 2.73. The molecular weight excluding hydrogens is 368 g/mol. The molecule has 0 bridgehead atoms. The molecule has 7 heteroatoms. The fourth-order valence-electron chi connectivity index (χ4n) is 2.38. The second-order valence-electron chi connectivity index (χ2n) is 5.63. The number of pyridine rings is 1. The van der Waals surface area contributed by atoms with E-state index in [9.17, 15) is 9.59 Å². The largest absolute Gasteiger partial charge is 0.478 e. The molecule has 0 aliphatic rings. The van der Waals surface area contributed by atoms with Gasteiger partial charge in [-0.1, -0.05) is 54.1 Å². The Kier molecular flexibility index (Phi) is 5.68. The number of aromatic nitrogens is 1. The molecular formula is C20H15ClN2O4. The number of nitrogens with one attached hydrogen (secondary N) is 1. The molecule has 0 atom stereocenters. The van der Waals surface area contributed by atoms with Crippen LogP contribution >= 0.6 is 11.6 Å². The number of halogens is 1. The van der Waals surface area contributed by atoms with Crippen LogP contribution in [-0.2, 0) is 11.3 Å². The van der Waals surface area contributed by atoms with Gasteiger partial charge in [0.25, 0.3) is 0 Å². The maximum atomic E-state index is 11.9. The SMILES string of the molecule is O=C(Nc1ccc(-c2cnc(Cl)c(C(=O)O)c2)cc1)OCc1ccccc1. The van der Waals surface area contributed by atoms with Crippen molar-refractivity contribution in [3.05, 3.63) is 83.1 Å². The molecule has 1 aromatic heterocycles. The number of aromatic carboxylic acids is 1. The smallest absolute Gasteiger partial charge is 0.411 e. The molecule has 6 nitrogen and oxygen atoms in total. The maximum Gasteiger partial charge on any atom is 0.411 e. The summed E-state index contributed by atoms with van der Waals surface area (Å²) in [5.74, 6) is -1.14. The van der Waals surface area contributed by atoms with Gasteiger partial charge in [0, 0.05) is 17.4 Å². The first-order chi connectivity index (χ1) is 13.0. The third kappa shape index (κ3) is 4.83. The first-order valence-corrected chi connectivity index (χ1v) is 8.38. The molecule has 0 saturated carbocycles. The Labute approximate surface area is 160 Å². The molecule has 3 aromatic rings. The quantitative estimate of drug-likeness (QED) is 0.616. The number of hydrogen-bond acceptors (Lipinski definition) is 4. The summed E-state index contributed by atoms with van der Waals surface area (Å²) in [7, 11) is 0. The van der Waals surface area contributed by atoms with Crippen molar-refractivity contribution in [2.24, 2.45) is 0 Å². The Bertz CT molecular complexity index is 959. The standard InChI is InChI=1S/C20H15ClN2O4/c21-18-17(19(24)25)10-15(11-22-18)14-6-8-16(9-7-14)23-20(26)27-12-13-4-2-1-3-5-13/h1-11H,12H2,(H,23,26)(H,24,25). The zero-order chi connectivity index (χ0) is 19.2. The van der Waals surface area contributed by atoms with E-state index in [4.69, 9.17) is 21.4 Å². The Morgan fingerprint density at radius 2 is 1.74 bits per heavy atom. The molecule has 1 heterocycles. The summed E-state index contributed by atoms with van der Waals surface area (Å²) in [5, 5.41) is 11.7. The summed E-state index contributed by atoms with van der Waals surface area (Å²) in [6, 6.07) is 17.7. The number of benzene rings is 2. The highest BCUT2D eigenvalue weighted by Gasteiger charge is 2.12. The van der Waals surface area contributed by atoms with Gasteiger partial charge in [-0.25, -0.2) is 14.6 Å². The predicted octanol–water partition coefficient (Wildman–Crippen LogP) is 4.85. The molecule has 0 unspecified atom stereocenters. The molecule has 27 heavy (non-hydrogen) atoms. The highest BCUT2D eigenvalue weighted by atomic mass is 35.5.